The van der Waals surface area contributed by atoms with Crippen LogP contribution in [-0.4, -0.2) is 64.9 Å². The third-order valence-corrected chi connectivity index (χ3v) is 6.58. The van der Waals surface area contributed by atoms with Crippen molar-refractivity contribution in [2.45, 2.75) is 26.9 Å². The molecule has 3 aromatic rings. The number of amides is 1. The van der Waals surface area contributed by atoms with Crippen molar-refractivity contribution >= 4 is 40.3 Å². The Morgan fingerprint density at radius 3 is 2.66 bits per heavy atom. The Kier molecular flexibility index (Phi) is 5.93. The molecule has 0 unspecified atom stereocenters. The number of aromatic nitrogens is 3. The first-order valence-corrected chi connectivity index (χ1v) is 11.6. The number of hydrogen-bond donors (Lipinski definition) is 2. The van der Waals surface area contributed by atoms with E-state index in [0.29, 0.717) is 41.2 Å². The number of carbonyl (C=O) groups is 1. The van der Waals surface area contributed by atoms with Crippen LogP contribution in [0.2, 0.25) is 0 Å². The van der Waals surface area contributed by atoms with Crippen LogP contribution in [0.3, 0.4) is 0 Å². The molecule has 0 bridgehead atoms. The second kappa shape index (κ2) is 9.06. The Bertz CT molecular complexity index is 1410. The SMILES string of the molecule is CCn1c2c3c(cc(CN4CCN(c5ccc(C(=O)NC)nc5C)CC4)c(F)c3nc1=O)NC=N2. The zero-order valence-corrected chi connectivity index (χ0v) is 19.9. The highest BCUT2D eigenvalue weighted by Crippen LogP contribution is 2.36. The predicted octanol–water partition coefficient (Wildman–Crippen LogP) is 2.03. The molecule has 1 aromatic carbocycles. The fourth-order valence-electron chi connectivity index (χ4n) is 4.75. The summed E-state index contributed by atoms with van der Waals surface area (Å²) in [5.41, 5.74) is 2.93. The van der Waals surface area contributed by atoms with Crippen LogP contribution in [0.1, 0.15) is 28.7 Å². The number of pyridine rings is 1. The molecular weight excluding hydrogens is 451 g/mol. The largest absolute Gasteiger partial charge is 0.368 e. The smallest absolute Gasteiger partial charge is 0.349 e. The minimum absolute atomic E-state index is 0.0584. The second-order valence-electron chi connectivity index (χ2n) is 8.63. The van der Waals surface area contributed by atoms with Gasteiger partial charge in [-0.05, 0) is 32.0 Å². The molecule has 2 aromatic heterocycles. The highest BCUT2D eigenvalue weighted by Gasteiger charge is 2.25. The fraction of sp³-hybridized carbons (Fsp3) is 0.375. The minimum atomic E-state index is -0.504. The number of hydrogen-bond acceptors (Lipinski definition) is 8. The van der Waals surface area contributed by atoms with Crippen LogP contribution in [0.15, 0.2) is 28.0 Å². The van der Waals surface area contributed by atoms with E-state index in [2.05, 4.69) is 35.4 Å². The van der Waals surface area contributed by atoms with E-state index in [1.54, 1.807) is 19.2 Å². The summed E-state index contributed by atoms with van der Waals surface area (Å²) in [7, 11) is 1.58. The van der Waals surface area contributed by atoms with E-state index < -0.39 is 11.5 Å². The van der Waals surface area contributed by atoms with Gasteiger partial charge in [0.2, 0.25) is 0 Å². The van der Waals surface area contributed by atoms with Gasteiger partial charge in [-0.1, -0.05) is 0 Å². The Morgan fingerprint density at radius 2 is 1.97 bits per heavy atom. The number of nitrogens with one attached hydrogen (secondary N) is 2. The third-order valence-electron chi connectivity index (χ3n) is 6.58. The third kappa shape index (κ3) is 4.01. The van der Waals surface area contributed by atoms with E-state index >= 15 is 4.39 Å². The van der Waals surface area contributed by atoms with E-state index in [1.807, 2.05) is 19.9 Å². The number of carbonyl (C=O) groups excluding carboxylic acids is 1. The first kappa shape index (κ1) is 22.9. The molecule has 11 heteroatoms. The van der Waals surface area contributed by atoms with Gasteiger partial charge in [-0.15, -0.1) is 0 Å². The Labute approximate surface area is 201 Å². The van der Waals surface area contributed by atoms with Gasteiger partial charge in [-0.2, -0.15) is 4.98 Å². The summed E-state index contributed by atoms with van der Waals surface area (Å²) in [5.74, 6) is -0.254. The number of piperazine rings is 1. The first-order chi connectivity index (χ1) is 16.9. The minimum Gasteiger partial charge on any atom is -0.368 e. The van der Waals surface area contributed by atoms with E-state index in [9.17, 15) is 9.59 Å². The standard InChI is InChI=1S/C24H27FN8O2/c1-4-33-22-19-17(27-13-28-22)11-15(20(25)21(19)30-24(33)35)12-31-7-9-32(10-8-31)18-6-5-16(23(34)26-3)29-14(18)2/h5-6,11,13H,4,7-10,12H2,1-3H3,(H,26,34)(H,27,28). The lowest BCUT2D eigenvalue weighted by Crippen LogP contribution is -2.46. The Balaban J connectivity index is 1.35. The maximum atomic E-state index is 15.5. The molecule has 2 N–H and O–H groups in total. The average molecular weight is 479 g/mol. The van der Waals surface area contributed by atoms with Gasteiger partial charge in [-0.25, -0.2) is 19.2 Å². The van der Waals surface area contributed by atoms with E-state index in [0.717, 1.165) is 37.6 Å². The molecule has 1 saturated heterocycles. The van der Waals surface area contributed by atoms with Gasteiger partial charge in [0.1, 0.15) is 17.0 Å². The van der Waals surface area contributed by atoms with E-state index in [4.69, 9.17) is 0 Å². The number of nitrogens with zero attached hydrogens (tertiary/aromatic N) is 6. The van der Waals surface area contributed by atoms with Crippen LogP contribution in [-0.2, 0) is 13.1 Å². The van der Waals surface area contributed by atoms with Gasteiger partial charge in [0.25, 0.3) is 5.91 Å². The van der Waals surface area contributed by atoms with Crippen LogP contribution in [0, 0.1) is 12.7 Å². The van der Waals surface area contributed by atoms with Gasteiger partial charge in [0.15, 0.2) is 5.82 Å². The summed E-state index contributed by atoms with van der Waals surface area (Å²) < 4.78 is 17.0. The second-order valence-corrected chi connectivity index (χ2v) is 8.63. The van der Waals surface area contributed by atoms with Crippen molar-refractivity contribution in [3.8, 4) is 0 Å². The highest BCUT2D eigenvalue weighted by molar-refractivity contribution is 6.06. The quantitative estimate of drug-likeness (QED) is 0.578. The van der Waals surface area contributed by atoms with Gasteiger partial charge in [-0.3, -0.25) is 14.3 Å². The molecule has 0 aliphatic carbocycles. The molecule has 0 saturated carbocycles. The zero-order chi connectivity index (χ0) is 24.7. The first-order valence-electron chi connectivity index (χ1n) is 11.6. The van der Waals surface area contributed by atoms with Crippen LogP contribution in [0.4, 0.5) is 21.6 Å². The van der Waals surface area contributed by atoms with Gasteiger partial charge in [0, 0.05) is 51.9 Å². The molecule has 2 aliphatic heterocycles. The molecule has 0 atom stereocenters. The molecule has 10 nitrogen and oxygen atoms in total. The van der Waals surface area contributed by atoms with Gasteiger partial charge in [0.05, 0.1) is 28.8 Å². The number of rotatable bonds is 5. The highest BCUT2D eigenvalue weighted by atomic mass is 19.1. The van der Waals surface area contributed by atoms with Gasteiger partial charge < -0.3 is 15.5 Å². The lowest BCUT2D eigenvalue weighted by Gasteiger charge is -2.36. The van der Waals surface area contributed by atoms with Crippen molar-refractivity contribution in [1.82, 2.24) is 24.8 Å². The number of halogens is 1. The van der Waals surface area contributed by atoms with Crippen LogP contribution < -0.4 is 21.2 Å². The summed E-state index contributed by atoms with van der Waals surface area (Å²) in [4.78, 5) is 41.4. The maximum absolute atomic E-state index is 15.5. The van der Waals surface area contributed by atoms with Crippen molar-refractivity contribution in [2.24, 2.45) is 4.99 Å². The van der Waals surface area contributed by atoms with Crippen molar-refractivity contribution in [3.63, 3.8) is 0 Å². The van der Waals surface area contributed by atoms with Crippen LogP contribution >= 0.6 is 0 Å². The van der Waals surface area contributed by atoms with Crippen molar-refractivity contribution in [3.05, 3.63) is 51.5 Å². The van der Waals surface area contributed by atoms with Gasteiger partial charge >= 0.3 is 5.69 Å². The lowest BCUT2D eigenvalue weighted by atomic mass is 10.1. The monoisotopic (exact) mass is 478 g/mol. The predicted molar refractivity (Wildman–Crippen MR) is 133 cm³/mol. The number of anilines is 2. The summed E-state index contributed by atoms with van der Waals surface area (Å²) in [6.45, 7) is 7.50. The molecule has 0 spiro atoms. The maximum Gasteiger partial charge on any atom is 0.349 e. The molecule has 182 valence electrons. The topological polar surface area (TPSA) is 108 Å². The molecule has 5 rings (SSSR count). The molecule has 0 radical (unpaired) electrons. The number of benzene rings is 1. The molecule has 35 heavy (non-hydrogen) atoms. The van der Waals surface area contributed by atoms with E-state index in [-0.39, 0.29) is 11.4 Å². The average Bonchev–Trinajstić information content (AvgIpc) is 2.87. The fourth-order valence-corrected chi connectivity index (χ4v) is 4.75. The lowest BCUT2D eigenvalue weighted by molar-refractivity contribution is 0.0958. The summed E-state index contributed by atoms with van der Waals surface area (Å²) in [6, 6.07) is 5.44. The summed E-state index contributed by atoms with van der Waals surface area (Å²) in [5, 5.41) is 6.20. The van der Waals surface area contributed by atoms with Crippen LogP contribution in [0.5, 0.6) is 0 Å². The number of aliphatic imine (C=N–C) groups is 1. The molecule has 2 aliphatic rings. The molecule has 4 heterocycles. The van der Waals surface area contributed by atoms with E-state index in [1.165, 1.54) is 10.9 Å². The summed E-state index contributed by atoms with van der Waals surface area (Å²) in [6.07, 6.45) is 1.52. The van der Waals surface area contributed by atoms with Crippen molar-refractivity contribution < 1.29 is 9.18 Å². The van der Waals surface area contributed by atoms with Crippen LogP contribution in [0.25, 0.3) is 10.9 Å². The van der Waals surface area contributed by atoms with Crippen molar-refractivity contribution in [2.75, 3.05) is 43.4 Å². The normalized spacial score (nSPS) is 15.4. The summed E-state index contributed by atoms with van der Waals surface area (Å²) >= 11 is 0. The zero-order valence-electron chi connectivity index (χ0n) is 19.9. The Hall–Kier alpha value is -3.86. The Morgan fingerprint density at radius 1 is 1.20 bits per heavy atom. The van der Waals surface area contributed by atoms with Crippen molar-refractivity contribution in [1.29, 1.82) is 0 Å². The number of aryl methyl sites for hydroxylation is 1. The molecule has 1 fully saturated rings. The molecular formula is C24H27FN8O2. The molecule has 1 amide bonds.